The Balaban J connectivity index is 0.00000176. The van der Waals surface area contributed by atoms with E-state index in [1.807, 2.05) is 29.2 Å². The van der Waals surface area contributed by atoms with E-state index in [0.717, 1.165) is 18.8 Å². The van der Waals surface area contributed by atoms with Crippen molar-refractivity contribution in [3.63, 3.8) is 0 Å². The molecule has 3 rings (SSSR count). The van der Waals surface area contributed by atoms with Gasteiger partial charge in [-0.25, -0.2) is 4.68 Å². The van der Waals surface area contributed by atoms with Gasteiger partial charge in [-0.1, -0.05) is 0 Å². The van der Waals surface area contributed by atoms with E-state index in [2.05, 4.69) is 34.7 Å². The summed E-state index contributed by atoms with van der Waals surface area (Å²) in [6, 6.07) is 7.82. The van der Waals surface area contributed by atoms with Crippen LogP contribution in [0.4, 0.5) is 0 Å². The number of nitrogens with zero attached hydrogens (tertiary/aromatic N) is 5. The fourth-order valence-electron chi connectivity index (χ4n) is 2.55. The van der Waals surface area contributed by atoms with Gasteiger partial charge in [-0.3, -0.25) is 4.79 Å². The third-order valence-electron chi connectivity index (χ3n) is 4.02. The van der Waals surface area contributed by atoms with Gasteiger partial charge in [-0.15, -0.1) is 17.5 Å². The maximum atomic E-state index is 12.6. The molecule has 7 nitrogen and oxygen atoms in total. The SMILES string of the molecule is CC1NCCN(C(=O)c2ccc(-n3cnnn3)cc2)C1C.Cl. The molecule has 1 aliphatic rings. The molecule has 2 unspecified atom stereocenters. The van der Waals surface area contributed by atoms with E-state index in [9.17, 15) is 4.79 Å². The summed E-state index contributed by atoms with van der Waals surface area (Å²) in [6.45, 7) is 5.74. The van der Waals surface area contributed by atoms with Crippen molar-refractivity contribution >= 4 is 18.3 Å². The van der Waals surface area contributed by atoms with Gasteiger partial charge in [0.25, 0.3) is 5.91 Å². The Hall–Kier alpha value is -1.99. The Morgan fingerprint density at radius 2 is 2.00 bits per heavy atom. The zero-order valence-electron chi connectivity index (χ0n) is 12.5. The highest BCUT2D eigenvalue weighted by Crippen LogP contribution is 2.15. The second kappa shape index (κ2) is 6.85. The van der Waals surface area contributed by atoms with E-state index in [-0.39, 0.29) is 24.4 Å². The number of aromatic nitrogens is 4. The van der Waals surface area contributed by atoms with Crippen LogP contribution in [0.15, 0.2) is 30.6 Å². The van der Waals surface area contributed by atoms with E-state index in [0.29, 0.717) is 11.6 Å². The van der Waals surface area contributed by atoms with Crippen LogP contribution >= 0.6 is 12.4 Å². The van der Waals surface area contributed by atoms with Gasteiger partial charge in [0.2, 0.25) is 0 Å². The summed E-state index contributed by atoms with van der Waals surface area (Å²) in [5, 5.41) is 14.4. The van der Waals surface area contributed by atoms with Gasteiger partial charge < -0.3 is 10.2 Å². The molecule has 2 heterocycles. The molecule has 1 aromatic heterocycles. The van der Waals surface area contributed by atoms with E-state index >= 15 is 0 Å². The number of carbonyl (C=O) groups is 1. The minimum absolute atomic E-state index is 0. The molecule has 1 saturated heterocycles. The smallest absolute Gasteiger partial charge is 0.254 e. The first-order chi connectivity index (χ1) is 10.2. The normalized spacial score (nSPS) is 21.3. The number of nitrogens with one attached hydrogen (secondary N) is 1. The summed E-state index contributed by atoms with van der Waals surface area (Å²) in [7, 11) is 0. The summed E-state index contributed by atoms with van der Waals surface area (Å²) in [5.41, 5.74) is 1.52. The largest absolute Gasteiger partial charge is 0.333 e. The second-order valence-electron chi connectivity index (χ2n) is 5.28. The van der Waals surface area contributed by atoms with Crippen molar-refractivity contribution in [3.05, 3.63) is 36.2 Å². The molecule has 118 valence electrons. The van der Waals surface area contributed by atoms with Crippen molar-refractivity contribution < 1.29 is 4.79 Å². The molecule has 2 aromatic rings. The average Bonchev–Trinajstić information content (AvgIpc) is 3.04. The van der Waals surface area contributed by atoms with Crippen molar-refractivity contribution in [2.45, 2.75) is 25.9 Å². The number of tetrazole rings is 1. The molecule has 1 N–H and O–H groups in total. The fourth-order valence-corrected chi connectivity index (χ4v) is 2.55. The molecular weight excluding hydrogens is 304 g/mol. The predicted molar refractivity (Wildman–Crippen MR) is 84.4 cm³/mol. The van der Waals surface area contributed by atoms with E-state index < -0.39 is 0 Å². The first-order valence-corrected chi connectivity index (χ1v) is 7.04. The van der Waals surface area contributed by atoms with Crippen LogP contribution in [0, 0.1) is 0 Å². The van der Waals surface area contributed by atoms with Crippen LogP contribution in [0.2, 0.25) is 0 Å². The molecule has 0 saturated carbocycles. The van der Waals surface area contributed by atoms with Gasteiger partial charge in [0.05, 0.1) is 5.69 Å². The minimum atomic E-state index is 0. The number of piperazine rings is 1. The van der Waals surface area contributed by atoms with Gasteiger partial charge in [-0.2, -0.15) is 0 Å². The van der Waals surface area contributed by atoms with Gasteiger partial charge in [0, 0.05) is 30.7 Å². The van der Waals surface area contributed by atoms with Crippen LogP contribution in [-0.2, 0) is 0 Å². The fraction of sp³-hybridized carbons (Fsp3) is 0.429. The molecule has 0 bridgehead atoms. The van der Waals surface area contributed by atoms with Crippen LogP contribution in [0.5, 0.6) is 0 Å². The molecule has 8 heteroatoms. The zero-order valence-corrected chi connectivity index (χ0v) is 13.3. The molecule has 0 aliphatic carbocycles. The van der Waals surface area contributed by atoms with Crippen LogP contribution in [-0.4, -0.2) is 56.2 Å². The van der Waals surface area contributed by atoms with Crippen molar-refractivity contribution in [1.29, 1.82) is 0 Å². The summed E-state index contributed by atoms with van der Waals surface area (Å²) in [4.78, 5) is 14.5. The topological polar surface area (TPSA) is 75.9 Å². The number of hydrogen-bond donors (Lipinski definition) is 1. The standard InChI is InChI=1S/C14H18N6O.ClH/c1-10-11(2)19(8-7-15-10)14(21)12-3-5-13(6-4-12)20-9-16-17-18-20;/h3-6,9-11,15H,7-8H2,1-2H3;1H. The lowest BCUT2D eigenvalue weighted by Gasteiger charge is -2.38. The highest BCUT2D eigenvalue weighted by molar-refractivity contribution is 5.94. The molecule has 1 aliphatic heterocycles. The summed E-state index contributed by atoms with van der Waals surface area (Å²) < 4.78 is 1.56. The lowest BCUT2D eigenvalue weighted by molar-refractivity contribution is 0.0603. The van der Waals surface area contributed by atoms with Gasteiger partial charge in [0.1, 0.15) is 6.33 Å². The summed E-state index contributed by atoms with van der Waals surface area (Å²) in [5.74, 6) is 0.0686. The van der Waals surface area contributed by atoms with Crippen LogP contribution < -0.4 is 5.32 Å². The molecule has 1 aromatic carbocycles. The van der Waals surface area contributed by atoms with Crippen molar-refractivity contribution in [3.8, 4) is 5.69 Å². The lowest BCUT2D eigenvalue weighted by atomic mass is 10.1. The Morgan fingerprint density at radius 1 is 1.27 bits per heavy atom. The van der Waals surface area contributed by atoms with Crippen LogP contribution in [0.3, 0.4) is 0 Å². The molecule has 22 heavy (non-hydrogen) atoms. The van der Waals surface area contributed by atoms with Crippen LogP contribution in [0.25, 0.3) is 5.69 Å². The first-order valence-electron chi connectivity index (χ1n) is 7.04. The quantitative estimate of drug-likeness (QED) is 0.889. The Bertz CT molecular complexity index is 615. The first kappa shape index (κ1) is 16.4. The van der Waals surface area contributed by atoms with E-state index in [1.54, 1.807) is 4.68 Å². The highest BCUT2D eigenvalue weighted by atomic mass is 35.5. The molecular formula is C14H19ClN6O. The maximum absolute atomic E-state index is 12.6. The van der Waals surface area contributed by atoms with Gasteiger partial charge in [-0.05, 0) is 48.5 Å². The third-order valence-corrected chi connectivity index (χ3v) is 4.02. The third kappa shape index (κ3) is 3.10. The highest BCUT2D eigenvalue weighted by Gasteiger charge is 2.28. The molecule has 0 radical (unpaired) electrons. The van der Waals surface area contributed by atoms with E-state index in [1.165, 1.54) is 6.33 Å². The van der Waals surface area contributed by atoms with Gasteiger partial charge >= 0.3 is 0 Å². The van der Waals surface area contributed by atoms with E-state index in [4.69, 9.17) is 0 Å². The number of benzene rings is 1. The number of hydrogen-bond acceptors (Lipinski definition) is 5. The predicted octanol–water partition coefficient (Wildman–Crippen LogP) is 0.906. The molecule has 0 spiro atoms. The minimum Gasteiger partial charge on any atom is -0.333 e. The average molecular weight is 323 g/mol. The Kier molecular flexibility index (Phi) is 5.10. The summed E-state index contributed by atoms with van der Waals surface area (Å²) in [6.07, 6.45) is 1.52. The van der Waals surface area contributed by atoms with Crippen molar-refractivity contribution in [2.75, 3.05) is 13.1 Å². The second-order valence-corrected chi connectivity index (χ2v) is 5.28. The lowest BCUT2D eigenvalue weighted by Crippen LogP contribution is -2.57. The monoisotopic (exact) mass is 322 g/mol. The molecule has 2 atom stereocenters. The van der Waals surface area contributed by atoms with Crippen LogP contribution in [0.1, 0.15) is 24.2 Å². The molecule has 1 fully saturated rings. The summed E-state index contributed by atoms with van der Waals surface area (Å²) >= 11 is 0. The number of amides is 1. The maximum Gasteiger partial charge on any atom is 0.254 e. The number of rotatable bonds is 2. The number of halogens is 1. The molecule has 1 amide bonds. The Labute approximate surface area is 135 Å². The van der Waals surface area contributed by atoms with Crippen molar-refractivity contribution in [2.24, 2.45) is 0 Å². The van der Waals surface area contributed by atoms with Gasteiger partial charge in [0.15, 0.2) is 0 Å². The number of carbonyl (C=O) groups excluding carboxylic acids is 1. The Morgan fingerprint density at radius 3 is 2.64 bits per heavy atom. The van der Waals surface area contributed by atoms with Crippen molar-refractivity contribution in [1.82, 2.24) is 30.4 Å². The zero-order chi connectivity index (χ0) is 14.8.